The molecule has 0 atom stereocenters. The summed E-state index contributed by atoms with van der Waals surface area (Å²) in [5.41, 5.74) is 2.87. The highest BCUT2D eigenvalue weighted by molar-refractivity contribution is 5.90. The normalized spacial score (nSPS) is 10.6. The van der Waals surface area contributed by atoms with Crippen LogP contribution in [0, 0.1) is 6.92 Å². The van der Waals surface area contributed by atoms with Crippen molar-refractivity contribution in [3.05, 3.63) is 65.5 Å². The van der Waals surface area contributed by atoms with Crippen LogP contribution in [0.25, 0.3) is 10.9 Å². The summed E-state index contributed by atoms with van der Waals surface area (Å²) in [6.45, 7) is 4.42. The Kier molecular flexibility index (Phi) is 4.70. The molecule has 0 aliphatic rings. The number of fused-ring (bicyclic) bond motifs is 1. The number of aromatic nitrogens is 2. The molecule has 0 radical (unpaired) electrons. The van der Waals surface area contributed by atoms with Gasteiger partial charge in [0.25, 0.3) is 0 Å². The van der Waals surface area contributed by atoms with Crippen molar-refractivity contribution in [1.29, 1.82) is 0 Å². The molecule has 2 aromatic carbocycles. The second-order valence-electron chi connectivity index (χ2n) is 5.36. The third-order valence-electron chi connectivity index (χ3n) is 3.52. The fraction of sp³-hybridized carbons (Fsp3) is 0.211. The van der Waals surface area contributed by atoms with Gasteiger partial charge in [0.05, 0.1) is 17.5 Å². The summed E-state index contributed by atoms with van der Waals surface area (Å²) >= 11 is 0. The molecule has 0 aliphatic carbocycles. The third kappa shape index (κ3) is 3.51. The molecule has 3 rings (SSSR count). The number of carbonyl (C=O) groups is 1. The minimum atomic E-state index is -0.552. The van der Waals surface area contributed by atoms with Crippen molar-refractivity contribution < 1.29 is 14.3 Å². The highest BCUT2D eigenvalue weighted by atomic mass is 16.5. The standard InChI is InChI=1S/C19H18N2O3/c1-3-23-19(22)17-20-16-7-5-4-6-15(16)18(21-17)24-12-14-10-8-13(2)9-11-14/h4-11H,3,12H2,1-2H3. The Morgan fingerprint density at radius 3 is 2.54 bits per heavy atom. The first-order valence-corrected chi connectivity index (χ1v) is 7.79. The van der Waals surface area contributed by atoms with E-state index < -0.39 is 5.97 Å². The highest BCUT2D eigenvalue weighted by Crippen LogP contribution is 2.23. The van der Waals surface area contributed by atoms with Crippen LogP contribution in [0.5, 0.6) is 5.88 Å². The van der Waals surface area contributed by atoms with E-state index in [0.717, 1.165) is 10.9 Å². The summed E-state index contributed by atoms with van der Waals surface area (Å²) in [5.74, 6) is -0.165. The molecule has 24 heavy (non-hydrogen) atoms. The SMILES string of the molecule is CCOC(=O)c1nc(OCc2ccc(C)cc2)c2ccccc2n1. The van der Waals surface area contributed by atoms with Crippen LogP contribution in [0.3, 0.4) is 0 Å². The Hall–Kier alpha value is -2.95. The number of nitrogens with zero attached hydrogens (tertiary/aromatic N) is 2. The van der Waals surface area contributed by atoms with E-state index in [1.807, 2.05) is 55.5 Å². The van der Waals surface area contributed by atoms with E-state index in [4.69, 9.17) is 9.47 Å². The summed E-state index contributed by atoms with van der Waals surface area (Å²) in [4.78, 5) is 20.4. The summed E-state index contributed by atoms with van der Waals surface area (Å²) in [6, 6.07) is 15.5. The monoisotopic (exact) mass is 322 g/mol. The molecule has 5 nitrogen and oxygen atoms in total. The van der Waals surface area contributed by atoms with Gasteiger partial charge < -0.3 is 9.47 Å². The van der Waals surface area contributed by atoms with Gasteiger partial charge in [-0.05, 0) is 31.5 Å². The number of esters is 1. The average Bonchev–Trinajstić information content (AvgIpc) is 2.61. The summed E-state index contributed by atoms with van der Waals surface area (Å²) in [5, 5.41) is 0.762. The van der Waals surface area contributed by atoms with Crippen LogP contribution in [-0.4, -0.2) is 22.5 Å². The molecule has 0 N–H and O–H groups in total. The highest BCUT2D eigenvalue weighted by Gasteiger charge is 2.15. The largest absolute Gasteiger partial charge is 0.472 e. The van der Waals surface area contributed by atoms with Gasteiger partial charge in [-0.1, -0.05) is 42.0 Å². The van der Waals surface area contributed by atoms with Crippen molar-refractivity contribution in [3.8, 4) is 5.88 Å². The van der Waals surface area contributed by atoms with Crippen LogP contribution < -0.4 is 4.74 Å². The lowest BCUT2D eigenvalue weighted by Crippen LogP contribution is -2.11. The molecule has 0 aliphatic heterocycles. The van der Waals surface area contributed by atoms with Crippen LogP contribution in [0.4, 0.5) is 0 Å². The minimum absolute atomic E-state index is 0.00876. The van der Waals surface area contributed by atoms with Crippen LogP contribution in [-0.2, 0) is 11.3 Å². The van der Waals surface area contributed by atoms with E-state index >= 15 is 0 Å². The van der Waals surface area contributed by atoms with Crippen LogP contribution in [0.15, 0.2) is 48.5 Å². The molecule has 1 aromatic heterocycles. The Morgan fingerprint density at radius 2 is 1.79 bits per heavy atom. The third-order valence-corrected chi connectivity index (χ3v) is 3.52. The zero-order valence-electron chi connectivity index (χ0n) is 13.7. The molecule has 0 bridgehead atoms. The van der Waals surface area contributed by atoms with E-state index in [-0.39, 0.29) is 12.4 Å². The van der Waals surface area contributed by atoms with Crippen LogP contribution in [0.1, 0.15) is 28.7 Å². The van der Waals surface area contributed by atoms with Gasteiger partial charge in [-0.2, -0.15) is 4.98 Å². The number of hydrogen-bond donors (Lipinski definition) is 0. The number of hydrogen-bond acceptors (Lipinski definition) is 5. The van der Waals surface area contributed by atoms with E-state index in [9.17, 15) is 4.79 Å². The van der Waals surface area contributed by atoms with Crippen molar-refractivity contribution in [1.82, 2.24) is 9.97 Å². The maximum absolute atomic E-state index is 11.9. The molecule has 0 saturated carbocycles. The lowest BCUT2D eigenvalue weighted by molar-refractivity contribution is 0.0511. The van der Waals surface area contributed by atoms with Gasteiger partial charge in [0.2, 0.25) is 11.7 Å². The fourth-order valence-electron chi connectivity index (χ4n) is 2.28. The number of rotatable bonds is 5. The van der Waals surface area contributed by atoms with E-state index in [1.165, 1.54) is 5.56 Å². The molecular formula is C19H18N2O3. The van der Waals surface area contributed by atoms with Gasteiger partial charge in [-0.15, -0.1) is 0 Å². The maximum atomic E-state index is 11.9. The summed E-state index contributed by atoms with van der Waals surface area (Å²) in [6.07, 6.45) is 0. The topological polar surface area (TPSA) is 61.3 Å². The predicted octanol–water partition coefficient (Wildman–Crippen LogP) is 3.69. The summed E-state index contributed by atoms with van der Waals surface area (Å²) < 4.78 is 10.8. The summed E-state index contributed by atoms with van der Waals surface area (Å²) in [7, 11) is 0. The van der Waals surface area contributed by atoms with Crippen molar-refractivity contribution >= 4 is 16.9 Å². The van der Waals surface area contributed by atoms with Gasteiger partial charge in [0.1, 0.15) is 6.61 Å². The van der Waals surface area contributed by atoms with Crippen LogP contribution in [0.2, 0.25) is 0 Å². The van der Waals surface area contributed by atoms with Crippen molar-refractivity contribution in [2.45, 2.75) is 20.5 Å². The van der Waals surface area contributed by atoms with Crippen molar-refractivity contribution in [3.63, 3.8) is 0 Å². The lowest BCUT2D eigenvalue weighted by atomic mass is 10.2. The Morgan fingerprint density at radius 1 is 1.04 bits per heavy atom. The van der Waals surface area contributed by atoms with Gasteiger partial charge in [0, 0.05) is 0 Å². The van der Waals surface area contributed by atoms with Crippen LogP contribution >= 0.6 is 0 Å². The molecule has 3 aromatic rings. The zero-order valence-corrected chi connectivity index (χ0v) is 13.7. The first-order chi connectivity index (χ1) is 11.7. The predicted molar refractivity (Wildman–Crippen MR) is 91.0 cm³/mol. The molecule has 0 spiro atoms. The number of aryl methyl sites for hydroxylation is 1. The Balaban J connectivity index is 1.92. The number of carbonyl (C=O) groups excluding carboxylic acids is 1. The lowest BCUT2D eigenvalue weighted by Gasteiger charge is -2.10. The second-order valence-corrected chi connectivity index (χ2v) is 5.36. The minimum Gasteiger partial charge on any atom is -0.472 e. The number of benzene rings is 2. The first kappa shape index (κ1) is 15.9. The molecule has 122 valence electrons. The van der Waals surface area contributed by atoms with Gasteiger partial charge in [-0.25, -0.2) is 9.78 Å². The Bertz CT molecular complexity index is 860. The smallest absolute Gasteiger partial charge is 0.376 e. The number of ether oxygens (including phenoxy) is 2. The Labute approximate surface area is 140 Å². The van der Waals surface area contributed by atoms with E-state index in [2.05, 4.69) is 9.97 Å². The molecule has 0 saturated heterocycles. The fourth-order valence-corrected chi connectivity index (χ4v) is 2.28. The molecular weight excluding hydrogens is 304 g/mol. The van der Waals surface area contributed by atoms with Gasteiger partial charge in [0.15, 0.2) is 0 Å². The second kappa shape index (κ2) is 7.08. The molecule has 0 amide bonds. The molecule has 5 heteroatoms. The number of para-hydroxylation sites is 1. The van der Waals surface area contributed by atoms with Gasteiger partial charge in [-0.3, -0.25) is 0 Å². The maximum Gasteiger partial charge on any atom is 0.376 e. The average molecular weight is 322 g/mol. The van der Waals surface area contributed by atoms with E-state index in [0.29, 0.717) is 18.0 Å². The van der Waals surface area contributed by atoms with Gasteiger partial charge >= 0.3 is 5.97 Å². The first-order valence-electron chi connectivity index (χ1n) is 7.79. The quantitative estimate of drug-likeness (QED) is 0.670. The van der Waals surface area contributed by atoms with Crippen molar-refractivity contribution in [2.75, 3.05) is 6.61 Å². The molecule has 0 unspecified atom stereocenters. The zero-order chi connectivity index (χ0) is 16.9. The molecule has 1 heterocycles. The van der Waals surface area contributed by atoms with E-state index in [1.54, 1.807) is 6.92 Å². The molecule has 0 fully saturated rings. The van der Waals surface area contributed by atoms with Crippen molar-refractivity contribution in [2.24, 2.45) is 0 Å².